The molecule has 0 bridgehead atoms. The zero-order valence-electron chi connectivity index (χ0n) is 12.5. The van der Waals surface area contributed by atoms with Gasteiger partial charge in [0.25, 0.3) is 5.91 Å². The van der Waals surface area contributed by atoms with Crippen LogP contribution >= 0.6 is 12.2 Å². The highest BCUT2D eigenvalue weighted by Crippen LogP contribution is 2.12. The molecule has 0 saturated carbocycles. The number of carbonyl (C=O) groups is 1. The van der Waals surface area contributed by atoms with E-state index in [0.717, 1.165) is 6.26 Å². The molecular weight excluding hydrogens is 353 g/mol. The summed E-state index contributed by atoms with van der Waals surface area (Å²) in [6.07, 6.45) is 1.08. The summed E-state index contributed by atoms with van der Waals surface area (Å²) in [5.74, 6) is -1.00. The average molecular weight is 367 g/mol. The molecule has 1 amide bonds. The predicted octanol–water partition coefficient (Wildman–Crippen LogP) is 1.86. The van der Waals surface area contributed by atoms with Crippen molar-refractivity contribution in [2.45, 2.75) is 4.90 Å². The minimum absolute atomic E-state index is 0.00112. The number of nitrogens with one attached hydrogen (secondary N) is 3. The van der Waals surface area contributed by atoms with Gasteiger partial charge in [-0.15, -0.1) is 0 Å². The summed E-state index contributed by atoms with van der Waals surface area (Å²) in [7, 11) is -3.32. The average Bonchev–Trinajstić information content (AvgIpc) is 2.54. The van der Waals surface area contributed by atoms with E-state index in [-0.39, 0.29) is 21.3 Å². The molecule has 0 aliphatic carbocycles. The summed E-state index contributed by atoms with van der Waals surface area (Å²) in [6, 6.07) is 11.4. The van der Waals surface area contributed by atoms with Crippen LogP contribution in [0.3, 0.4) is 0 Å². The van der Waals surface area contributed by atoms with Crippen LogP contribution in [0.1, 0.15) is 10.4 Å². The smallest absolute Gasteiger partial charge is 0.269 e. The number of rotatable bonds is 3. The molecule has 126 valence electrons. The van der Waals surface area contributed by atoms with Gasteiger partial charge in [-0.2, -0.15) is 0 Å². The molecule has 2 aromatic rings. The highest BCUT2D eigenvalue weighted by Gasteiger charge is 2.10. The van der Waals surface area contributed by atoms with E-state index < -0.39 is 21.6 Å². The maximum Gasteiger partial charge on any atom is 0.269 e. The van der Waals surface area contributed by atoms with Crippen molar-refractivity contribution < 1.29 is 17.6 Å². The lowest BCUT2D eigenvalue weighted by atomic mass is 10.2. The van der Waals surface area contributed by atoms with Gasteiger partial charge in [-0.05, 0) is 48.6 Å². The highest BCUT2D eigenvalue weighted by molar-refractivity contribution is 7.90. The standard InChI is InChI=1S/C15H14FN3O3S2/c1-24(21,22)11-8-6-10(7-9-11)14(20)18-19-15(23)17-13-5-3-2-4-12(13)16/h2-9H,1H3,(H,18,20)(H2,17,19,23). The molecule has 2 aromatic carbocycles. The second-order valence-corrected chi connectivity index (χ2v) is 7.23. The number of hydrogen-bond donors (Lipinski definition) is 3. The molecule has 0 aliphatic rings. The Balaban J connectivity index is 1.93. The molecule has 0 aromatic heterocycles. The van der Waals surface area contributed by atoms with Gasteiger partial charge in [0.05, 0.1) is 10.6 Å². The quantitative estimate of drug-likeness (QED) is 0.567. The molecule has 0 heterocycles. The molecule has 24 heavy (non-hydrogen) atoms. The van der Waals surface area contributed by atoms with E-state index in [9.17, 15) is 17.6 Å². The number of thiocarbonyl (C=S) groups is 1. The van der Waals surface area contributed by atoms with Crippen LogP contribution in [0.25, 0.3) is 0 Å². The fourth-order valence-corrected chi connectivity index (χ4v) is 2.55. The Hall–Kier alpha value is -2.52. The zero-order valence-corrected chi connectivity index (χ0v) is 14.2. The van der Waals surface area contributed by atoms with Crippen molar-refractivity contribution in [1.29, 1.82) is 0 Å². The number of halogens is 1. The van der Waals surface area contributed by atoms with Gasteiger partial charge < -0.3 is 5.32 Å². The van der Waals surface area contributed by atoms with Crippen molar-refractivity contribution in [3.05, 3.63) is 59.9 Å². The second kappa shape index (κ2) is 7.37. The zero-order chi connectivity index (χ0) is 17.7. The third kappa shape index (κ3) is 4.74. The van der Waals surface area contributed by atoms with Gasteiger partial charge in [-0.3, -0.25) is 15.6 Å². The van der Waals surface area contributed by atoms with E-state index in [1.807, 2.05) is 0 Å². The third-order valence-corrected chi connectivity index (χ3v) is 4.29. The van der Waals surface area contributed by atoms with E-state index in [1.54, 1.807) is 12.1 Å². The van der Waals surface area contributed by atoms with Crippen LogP contribution in [-0.4, -0.2) is 25.7 Å². The van der Waals surface area contributed by atoms with Crippen LogP contribution in [0, 0.1) is 5.82 Å². The van der Waals surface area contributed by atoms with Crippen LogP contribution < -0.4 is 16.2 Å². The first-order valence-corrected chi connectivity index (χ1v) is 8.99. The van der Waals surface area contributed by atoms with E-state index in [2.05, 4.69) is 16.2 Å². The first kappa shape index (κ1) is 17.8. The minimum Gasteiger partial charge on any atom is -0.329 e. The van der Waals surface area contributed by atoms with Gasteiger partial charge in [0.2, 0.25) is 0 Å². The van der Waals surface area contributed by atoms with Crippen molar-refractivity contribution >= 4 is 38.8 Å². The number of sulfone groups is 1. The third-order valence-electron chi connectivity index (χ3n) is 2.96. The molecule has 3 N–H and O–H groups in total. The first-order valence-electron chi connectivity index (χ1n) is 6.69. The Labute approximate surface area is 144 Å². The van der Waals surface area contributed by atoms with E-state index >= 15 is 0 Å². The Kier molecular flexibility index (Phi) is 5.47. The van der Waals surface area contributed by atoms with Crippen LogP contribution in [0.4, 0.5) is 10.1 Å². The van der Waals surface area contributed by atoms with Crippen LogP contribution in [0.2, 0.25) is 0 Å². The van der Waals surface area contributed by atoms with Crippen molar-refractivity contribution in [2.75, 3.05) is 11.6 Å². The monoisotopic (exact) mass is 367 g/mol. The summed E-state index contributed by atoms with van der Waals surface area (Å²) in [4.78, 5) is 12.1. The second-order valence-electron chi connectivity index (χ2n) is 4.81. The topological polar surface area (TPSA) is 87.3 Å². The highest BCUT2D eigenvalue weighted by atomic mass is 32.2. The van der Waals surface area contributed by atoms with Crippen molar-refractivity contribution in [2.24, 2.45) is 0 Å². The van der Waals surface area contributed by atoms with Gasteiger partial charge in [0, 0.05) is 11.8 Å². The fourth-order valence-electron chi connectivity index (χ4n) is 1.76. The molecule has 0 saturated heterocycles. The van der Waals surface area contributed by atoms with Crippen molar-refractivity contribution in [3.63, 3.8) is 0 Å². The normalized spacial score (nSPS) is 10.8. The molecule has 6 nitrogen and oxygen atoms in total. The fraction of sp³-hybridized carbons (Fsp3) is 0.0667. The molecule has 0 aliphatic heterocycles. The SMILES string of the molecule is CS(=O)(=O)c1ccc(C(=O)NNC(=S)Nc2ccccc2F)cc1. The lowest BCUT2D eigenvalue weighted by Crippen LogP contribution is -2.43. The van der Waals surface area contributed by atoms with E-state index in [1.165, 1.54) is 36.4 Å². The molecule has 0 radical (unpaired) electrons. The Morgan fingerprint density at radius 2 is 1.67 bits per heavy atom. The van der Waals surface area contributed by atoms with Crippen LogP contribution in [0.15, 0.2) is 53.4 Å². The van der Waals surface area contributed by atoms with Crippen molar-refractivity contribution in [1.82, 2.24) is 10.9 Å². The number of hydrazine groups is 1. The summed E-state index contributed by atoms with van der Waals surface area (Å²) < 4.78 is 36.2. The lowest BCUT2D eigenvalue weighted by molar-refractivity contribution is 0.0944. The van der Waals surface area contributed by atoms with E-state index in [4.69, 9.17) is 12.2 Å². The Morgan fingerprint density at radius 3 is 2.25 bits per heavy atom. The first-order chi connectivity index (χ1) is 11.3. The lowest BCUT2D eigenvalue weighted by Gasteiger charge is -2.12. The van der Waals surface area contributed by atoms with Gasteiger partial charge in [-0.1, -0.05) is 12.1 Å². The number of benzene rings is 2. The molecule has 0 fully saturated rings. The molecular formula is C15H14FN3O3S2. The van der Waals surface area contributed by atoms with Crippen molar-refractivity contribution in [3.8, 4) is 0 Å². The van der Waals surface area contributed by atoms with E-state index in [0.29, 0.717) is 0 Å². The summed E-state index contributed by atoms with van der Waals surface area (Å²) in [6.45, 7) is 0. The Bertz CT molecular complexity index is 868. The number of carbonyl (C=O) groups excluding carboxylic acids is 1. The predicted molar refractivity (Wildman–Crippen MR) is 92.8 cm³/mol. The molecule has 9 heteroatoms. The van der Waals surface area contributed by atoms with Gasteiger partial charge >= 0.3 is 0 Å². The summed E-state index contributed by atoms with van der Waals surface area (Å²) in [5.41, 5.74) is 5.18. The number of para-hydroxylation sites is 1. The summed E-state index contributed by atoms with van der Waals surface area (Å²) in [5, 5.41) is 2.60. The van der Waals surface area contributed by atoms with Crippen LogP contribution in [-0.2, 0) is 9.84 Å². The minimum atomic E-state index is -3.32. The van der Waals surface area contributed by atoms with Gasteiger partial charge in [-0.25, -0.2) is 12.8 Å². The molecule has 2 rings (SSSR count). The molecule has 0 spiro atoms. The Morgan fingerprint density at radius 1 is 1.04 bits per heavy atom. The van der Waals surface area contributed by atoms with Gasteiger partial charge in [0.15, 0.2) is 14.9 Å². The maximum absolute atomic E-state index is 13.5. The maximum atomic E-state index is 13.5. The van der Waals surface area contributed by atoms with Crippen LogP contribution in [0.5, 0.6) is 0 Å². The molecule has 0 atom stereocenters. The number of anilines is 1. The summed E-state index contributed by atoms with van der Waals surface area (Å²) >= 11 is 4.95. The largest absolute Gasteiger partial charge is 0.329 e. The number of hydrogen-bond acceptors (Lipinski definition) is 4. The van der Waals surface area contributed by atoms with Gasteiger partial charge in [0.1, 0.15) is 5.82 Å². The number of amides is 1. The molecule has 0 unspecified atom stereocenters.